The van der Waals surface area contributed by atoms with Crippen molar-refractivity contribution in [3.63, 3.8) is 0 Å². The second kappa shape index (κ2) is 11.7. The van der Waals surface area contributed by atoms with Gasteiger partial charge in [-0.25, -0.2) is 24.0 Å². The Morgan fingerprint density at radius 2 is 1.76 bits per heavy atom. The van der Waals surface area contributed by atoms with Crippen LogP contribution in [0.2, 0.25) is 5.02 Å². The summed E-state index contributed by atoms with van der Waals surface area (Å²) in [6.07, 6.45) is 1.35. The van der Waals surface area contributed by atoms with Crippen LogP contribution in [-0.4, -0.2) is 48.0 Å². The Hall–Kier alpha value is -5.30. The molecule has 0 bridgehead atoms. The first-order chi connectivity index (χ1) is 20.2. The number of anilines is 2. The number of hydrogen-bond acceptors (Lipinski definition) is 11. The van der Waals surface area contributed by atoms with Crippen LogP contribution >= 0.6 is 11.6 Å². The number of hydrogen-bond donors (Lipinski definition) is 3. The van der Waals surface area contributed by atoms with E-state index in [9.17, 15) is 18.8 Å². The number of allylic oxidation sites excluding steroid dienone is 1. The first-order valence-corrected chi connectivity index (χ1v) is 12.7. The molecule has 5 rings (SSSR count). The molecule has 1 amide bonds. The van der Waals surface area contributed by atoms with E-state index in [1.807, 2.05) is 0 Å². The van der Waals surface area contributed by atoms with Gasteiger partial charge in [0.15, 0.2) is 5.58 Å². The molecule has 214 valence electrons. The standard InChI is InChI=1S/C28H22ClFN6O6/c1-13-22(24(37)34-21-11-15(8-9-31-21)26(39)41-3)23(17-10-14(25(38)40-2)4-6-18(17)29)35-27(32-13)36-28-33-19-7-5-16(30)12-20(19)42-28/h4-12,23H,1-3H3,(H,31,34,37)(H2,32,33,35,36). The number of pyridine rings is 1. The van der Waals surface area contributed by atoms with Gasteiger partial charge in [0, 0.05) is 28.5 Å². The average Bonchev–Trinajstić information content (AvgIpc) is 3.37. The molecule has 14 heteroatoms. The van der Waals surface area contributed by atoms with Crippen molar-refractivity contribution in [2.75, 3.05) is 24.9 Å². The van der Waals surface area contributed by atoms with E-state index in [1.54, 1.807) is 6.92 Å². The average molecular weight is 593 g/mol. The van der Waals surface area contributed by atoms with Gasteiger partial charge in [0.1, 0.15) is 23.2 Å². The fourth-order valence-electron chi connectivity index (χ4n) is 4.24. The summed E-state index contributed by atoms with van der Waals surface area (Å²) in [5.74, 6) is -2.10. The second-order valence-electron chi connectivity index (χ2n) is 8.90. The molecule has 4 aromatic rings. The molecule has 1 unspecified atom stereocenters. The first-order valence-electron chi connectivity index (χ1n) is 12.3. The fourth-order valence-corrected chi connectivity index (χ4v) is 4.46. The van der Waals surface area contributed by atoms with Gasteiger partial charge in [-0.1, -0.05) is 11.6 Å². The van der Waals surface area contributed by atoms with Gasteiger partial charge in [-0.3, -0.25) is 10.1 Å². The number of benzene rings is 2. The number of amides is 1. The van der Waals surface area contributed by atoms with Crippen molar-refractivity contribution in [3.8, 4) is 0 Å². The zero-order valence-corrected chi connectivity index (χ0v) is 23.1. The number of methoxy groups -OCH3 is 2. The SMILES string of the molecule is COC(=O)c1ccnc(NC(=O)C2=C(C)NC(Nc3nc4ccc(F)cc4o3)=NC2c2cc(C(=O)OC)ccc2Cl)c1. The van der Waals surface area contributed by atoms with E-state index < -0.39 is 29.7 Å². The van der Waals surface area contributed by atoms with E-state index >= 15 is 0 Å². The van der Waals surface area contributed by atoms with Crippen LogP contribution in [0.3, 0.4) is 0 Å². The quantitative estimate of drug-likeness (QED) is 0.270. The summed E-state index contributed by atoms with van der Waals surface area (Å²) in [4.78, 5) is 51.0. The van der Waals surface area contributed by atoms with Crippen molar-refractivity contribution < 1.29 is 32.7 Å². The van der Waals surface area contributed by atoms with Crippen molar-refractivity contribution in [3.05, 3.63) is 93.5 Å². The molecule has 1 aliphatic heterocycles. The Bertz CT molecular complexity index is 1800. The number of esters is 2. The maximum Gasteiger partial charge on any atom is 0.338 e. The Kier molecular flexibility index (Phi) is 7.84. The fraction of sp³-hybridized carbons (Fsp3) is 0.143. The van der Waals surface area contributed by atoms with Crippen molar-refractivity contribution >= 4 is 58.3 Å². The Balaban J connectivity index is 1.53. The van der Waals surface area contributed by atoms with Gasteiger partial charge >= 0.3 is 18.0 Å². The summed E-state index contributed by atoms with van der Waals surface area (Å²) >= 11 is 6.56. The predicted octanol–water partition coefficient (Wildman–Crippen LogP) is 4.61. The van der Waals surface area contributed by atoms with Gasteiger partial charge in [-0.05, 0) is 49.4 Å². The number of nitrogens with zero attached hydrogens (tertiary/aromatic N) is 3. The van der Waals surface area contributed by atoms with Crippen LogP contribution in [0.4, 0.5) is 16.2 Å². The maximum atomic E-state index is 13.7. The third-order valence-corrected chi connectivity index (χ3v) is 6.54. The number of carbonyl (C=O) groups is 3. The predicted molar refractivity (Wildman–Crippen MR) is 151 cm³/mol. The number of nitrogens with one attached hydrogen (secondary N) is 3. The number of guanidine groups is 1. The van der Waals surface area contributed by atoms with Gasteiger partial charge in [0.05, 0.1) is 30.9 Å². The highest BCUT2D eigenvalue weighted by molar-refractivity contribution is 6.31. The van der Waals surface area contributed by atoms with Crippen molar-refractivity contribution in [1.82, 2.24) is 15.3 Å². The molecule has 0 fully saturated rings. The lowest BCUT2D eigenvalue weighted by atomic mass is 9.94. The Labute approximate surface area is 242 Å². The number of ether oxygens (including phenoxy) is 2. The molecule has 0 spiro atoms. The number of fused-ring (bicyclic) bond motifs is 1. The summed E-state index contributed by atoms with van der Waals surface area (Å²) < 4.78 is 28.8. The van der Waals surface area contributed by atoms with E-state index in [0.29, 0.717) is 16.8 Å². The zero-order chi connectivity index (χ0) is 30.0. The number of rotatable bonds is 6. The molecule has 2 aromatic carbocycles. The maximum absolute atomic E-state index is 13.7. The molecule has 0 aliphatic carbocycles. The lowest BCUT2D eigenvalue weighted by molar-refractivity contribution is -0.113. The summed E-state index contributed by atoms with van der Waals surface area (Å²) in [6.45, 7) is 1.63. The molecular weight excluding hydrogens is 571 g/mol. The molecule has 3 N–H and O–H groups in total. The van der Waals surface area contributed by atoms with Crippen molar-refractivity contribution in [2.45, 2.75) is 13.0 Å². The molecule has 0 saturated heterocycles. The minimum atomic E-state index is -1.04. The Morgan fingerprint density at radius 3 is 2.50 bits per heavy atom. The van der Waals surface area contributed by atoms with Gasteiger partial charge in [-0.15, -0.1) is 0 Å². The second-order valence-corrected chi connectivity index (χ2v) is 9.31. The zero-order valence-electron chi connectivity index (χ0n) is 22.3. The van der Waals surface area contributed by atoms with Crippen LogP contribution in [-0.2, 0) is 14.3 Å². The van der Waals surface area contributed by atoms with Gasteiger partial charge < -0.3 is 24.5 Å². The molecule has 0 radical (unpaired) electrons. The lowest BCUT2D eigenvalue weighted by Crippen LogP contribution is -2.37. The van der Waals surface area contributed by atoms with Gasteiger partial charge in [-0.2, -0.15) is 4.98 Å². The van der Waals surface area contributed by atoms with E-state index in [4.69, 9.17) is 25.5 Å². The first kappa shape index (κ1) is 28.2. The van der Waals surface area contributed by atoms with Crippen LogP contribution in [0.15, 0.2) is 75.4 Å². The normalized spacial score (nSPS) is 14.6. The molecule has 1 atom stereocenters. The highest BCUT2D eigenvalue weighted by Crippen LogP contribution is 2.36. The van der Waals surface area contributed by atoms with Crippen LogP contribution in [0.1, 0.15) is 39.2 Å². The van der Waals surface area contributed by atoms with Crippen LogP contribution in [0, 0.1) is 5.82 Å². The molecule has 12 nitrogen and oxygen atoms in total. The number of carbonyl (C=O) groups excluding carboxylic acids is 3. The van der Waals surface area contributed by atoms with E-state index in [2.05, 4.69) is 30.9 Å². The van der Waals surface area contributed by atoms with Crippen LogP contribution in [0.25, 0.3) is 11.1 Å². The third kappa shape index (κ3) is 5.76. The monoisotopic (exact) mass is 592 g/mol. The number of aliphatic imine (C=N–C) groups is 1. The highest BCUT2D eigenvalue weighted by Gasteiger charge is 2.32. The van der Waals surface area contributed by atoms with E-state index in [-0.39, 0.29) is 45.1 Å². The lowest BCUT2D eigenvalue weighted by Gasteiger charge is -2.27. The van der Waals surface area contributed by atoms with E-state index in [0.717, 1.165) is 0 Å². The van der Waals surface area contributed by atoms with E-state index in [1.165, 1.54) is 68.9 Å². The van der Waals surface area contributed by atoms with Crippen molar-refractivity contribution in [2.24, 2.45) is 4.99 Å². The summed E-state index contributed by atoms with van der Waals surface area (Å²) in [6, 6.07) is 10.1. The molecular formula is C28H22ClFN6O6. The van der Waals surface area contributed by atoms with Gasteiger partial charge in [0.25, 0.3) is 5.91 Å². The number of oxazole rings is 1. The number of aromatic nitrogens is 2. The Morgan fingerprint density at radius 1 is 1.02 bits per heavy atom. The third-order valence-electron chi connectivity index (χ3n) is 6.20. The topological polar surface area (TPSA) is 157 Å². The summed E-state index contributed by atoms with van der Waals surface area (Å²) in [5.41, 5.74) is 1.81. The van der Waals surface area contributed by atoms with Crippen LogP contribution < -0.4 is 16.0 Å². The summed E-state index contributed by atoms with van der Waals surface area (Å²) in [7, 11) is 2.48. The minimum Gasteiger partial charge on any atom is -0.465 e. The smallest absolute Gasteiger partial charge is 0.338 e. The molecule has 3 heterocycles. The van der Waals surface area contributed by atoms with Crippen molar-refractivity contribution in [1.29, 1.82) is 0 Å². The minimum absolute atomic E-state index is 0.0135. The summed E-state index contributed by atoms with van der Waals surface area (Å²) in [5, 5.41) is 8.79. The molecule has 1 aliphatic rings. The highest BCUT2D eigenvalue weighted by atomic mass is 35.5. The molecule has 2 aromatic heterocycles. The largest absolute Gasteiger partial charge is 0.465 e. The number of halogens is 2. The molecule has 0 saturated carbocycles. The molecule has 42 heavy (non-hydrogen) atoms. The van der Waals surface area contributed by atoms with Crippen LogP contribution in [0.5, 0.6) is 0 Å². The van der Waals surface area contributed by atoms with Gasteiger partial charge in [0.2, 0.25) is 5.96 Å².